The van der Waals surface area contributed by atoms with Crippen molar-refractivity contribution in [3.8, 4) is 10.6 Å². The van der Waals surface area contributed by atoms with Crippen LogP contribution in [-0.4, -0.2) is 44.9 Å². The van der Waals surface area contributed by atoms with E-state index in [1.165, 1.54) is 11.3 Å². The van der Waals surface area contributed by atoms with Crippen molar-refractivity contribution in [3.05, 3.63) is 35.6 Å². The number of carbonyl (C=O) groups is 2. The number of thiazole rings is 1. The summed E-state index contributed by atoms with van der Waals surface area (Å²) < 4.78 is 0. The van der Waals surface area contributed by atoms with Crippen LogP contribution < -0.4 is 0 Å². The van der Waals surface area contributed by atoms with E-state index in [2.05, 4.69) is 9.97 Å². The maximum Gasteiger partial charge on any atom is 0.305 e. The Morgan fingerprint density at radius 3 is 2.79 bits per heavy atom. The van der Waals surface area contributed by atoms with Gasteiger partial charge in [-0.25, -0.2) is 4.98 Å². The summed E-state index contributed by atoms with van der Waals surface area (Å²) in [5.41, 5.74) is 1.62. The van der Waals surface area contributed by atoms with Crippen molar-refractivity contribution >= 4 is 23.2 Å². The van der Waals surface area contributed by atoms with E-state index in [0.29, 0.717) is 12.2 Å². The SMILES string of the molecule is CC(C)CN(CCC(=O)O)C(=O)Cc1csc(-c2cccnc2)n1. The van der Waals surface area contributed by atoms with Crippen molar-refractivity contribution in [1.82, 2.24) is 14.9 Å². The highest BCUT2D eigenvalue weighted by molar-refractivity contribution is 7.13. The first-order chi connectivity index (χ1) is 11.5. The molecule has 1 amide bonds. The number of hydrogen-bond donors (Lipinski definition) is 1. The van der Waals surface area contributed by atoms with E-state index in [9.17, 15) is 9.59 Å². The first-order valence-corrected chi connectivity index (χ1v) is 8.68. The monoisotopic (exact) mass is 347 g/mol. The lowest BCUT2D eigenvalue weighted by molar-refractivity contribution is -0.138. The summed E-state index contributed by atoms with van der Waals surface area (Å²) >= 11 is 1.47. The van der Waals surface area contributed by atoms with Crippen LogP contribution in [-0.2, 0) is 16.0 Å². The van der Waals surface area contributed by atoms with Crippen LogP contribution in [0.15, 0.2) is 29.9 Å². The minimum Gasteiger partial charge on any atom is -0.481 e. The van der Waals surface area contributed by atoms with E-state index < -0.39 is 5.97 Å². The molecule has 0 spiro atoms. The third-order valence-corrected chi connectivity index (χ3v) is 4.27. The van der Waals surface area contributed by atoms with Gasteiger partial charge in [-0.15, -0.1) is 11.3 Å². The molecule has 0 fully saturated rings. The van der Waals surface area contributed by atoms with E-state index in [0.717, 1.165) is 10.6 Å². The number of pyridine rings is 1. The molecule has 0 saturated carbocycles. The second-order valence-electron chi connectivity index (χ2n) is 5.94. The van der Waals surface area contributed by atoms with E-state index in [1.807, 2.05) is 31.4 Å². The van der Waals surface area contributed by atoms with Gasteiger partial charge in [-0.1, -0.05) is 13.8 Å². The number of amides is 1. The molecule has 0 aliphatic carbocycles. The summed E-state index contributed by atoms with van der Waals surface area (Å²) in [6.07, 6.45) is 3.58. The molecule has 2 aromatic heterocycles. The summed E-state index contributed by atoms with van der Waals surface area (Å²) in [6, 6.07) is 3.77. The molecule has 128 valence electrons. The number of nitrogens with zero attached hydrogens (tertiary/aromatic N) is 3. The number of rotatable bonds is 8. The average Bonchev–Trinajstić information content (AvgIpc) is 3.00. The number of aliphatic carboxylic acids is 1. The molecule has 7 heteroatoms. The molecular weight excluding hydrogens is 326 g/mol. The summed E-state index contributed by atoms with van der Waals surface area (Å²) in [7, 11) is 0. The molecule has 2 heterocycles. The Kier molecular flexibility index (Phi) is 6.43. The Labute approximate surface area is 145 Å². The molecule has 0 radical (unpaired) electrons. The highest BCUT2D eigenvalue weighted by Gasteiger charge is 2.18. The number of aromatic nitrogens is 2. The average molecular weight is 347 g/mol. The predicted octanol–water partition coefficient (Wildman–Crippen LogP) is 2.71. The van der Waals surface area contributed by atoms with Crippen molar-refractivity contribution < 1.29 is 14.7 Å². The van der Waals surface area contributed by atoms with Gasteiger partial charge in [-0.3, -0.25) is 14.6 Å². The minimum absolute atomic E-state index is 0.0452. The van der Waals surface area contributed by atoms with Crippen LogP contribution in [0.25, 0.3) is 10.6 Å². The molecule has 0 aliphatic rings. The Hall–Kier alpha value is -2.28. The molecule has 0 aliphatic heterocycles. The van der Waals surface area contributed by atoms with Crippen LogP contribution in [0.1, 0.15) is 26.0 Å². The number of carboxylic acids is 1. The fourth-order valence-electron chi connectivity index (χ4n) is 2.27. The molecule has 0 atom stereocenters. The zero-order valence-electron chi connectivity index (χ0n) is 13.8. The van der Waals surface area contributed by atoms with Crippen LogP contribution in [0.3, 0.4) is 0 Å². The molecular formula is C17H21N3O3S. The van der Waals surface area contributed by atoms with Crippen molar-refractivity contribution in [2.45, 2.75) is 26.7 Å². The van der Waals surface area contributed by atoms with Gasteiger partial charge in [0.25, 0.3) is 0 Å². The maximum atomic E-state index is 12.5. The second kappa shape index (κ2) is 8.54. The van der Waals surface area contributed by atoms with Gasteiger partial charge >= 0.3 is 5.97 Å². The number of carboxylic acid groups (broad SMARTS) is 1. The summed E-state index contributed by atoms with van der Waals surface area (Å²) in [6.45, 7) is 4.78. The molecule has 6 nitrogen and oxygen atoms in total. The van der Waals surface area contributed by atoms with Gasteiger partial charge in [-0.2, -0.15) is 0 Å². The normalized spacial score (nSPS) is 10.8. The topological polar surface area (TPSA) is 83.4 Å². The van der Waals surface area contributed by atoms with Gasteiger partial charge in [0.15, 0.2) is 0 Å². The lowest BCUT2D eigenvalue weighted by atomic mass is 10.2. The first-order valence-electron chi connectivity index (χ1n) is 7.80. The molecule has 0 saturated heterocycles. The van der Waals surface area contributed by atoms with Crippen molar-refractivity contribution in [3.63, 3.8) is 0 Å². The Morgan fingerprint density at radius 2 is 2.17 bits per heavy atom. The first kappa shape index (κ1) is 18.1. The zero-order chi connectivity index (χ0) is 17.5. The highest BCUT2D eigenvalue weighted by atomic mass is 32.1. The van der Waals surface area contributed by atoms with Gasteiger partial charge in [0, 0.05) is 36.4 Å². The van der Waals surface area contributed by atoms with Crippen molar-refractivity contribution in [2.75, 3.05) is 13.1 Å². The van der Waals surface area contributed by atoms with E-state index >= 15 is 0 Å². The Morgan fingerprint density at radius 1 is 1.38 bits per heavy atom. The smallest absolute Gasteiger partial charge is 0.305 e. The lowest BCUT2D eigenvalue weighted by Gasteiger charge is -2.23. The summed E-state index contributed by atoms with van der Waals surface area (Å²) in [5, 5.41) is 11.5. The van der Waals surface area contributed by atoms with Crippen LogP contribution in [0.2, 0.25) is 0 Å². The van der Waals surface area contributed by atoms with Crippen molar-refractivity contribution in [2.24, 2.45) is 5.92 Å². The fourth-order valence-corrected chi connectivity index (χ4v) is 3.08. The van der Waals surface area contributed by atoms with Crippen LogP contribution >= 0.6 is 11.3 Å². The van der Waals surface area contributed by atoms with Gasteiger partial charge in [0.2, 0.25) is 5.91 Å². The van der Waals surface area contributed by atoms with Crippen LogP contribution in [0.4, 0.5) is 0 Å². The molecule has 2 rings (SSSR count). The third kappa shape index (κ3) is 5.42. The van der Waals surface area contributed by atoms with Gasteiger partial charge in [0.1, 0.15) is 5.01 Å². The Bertz CT molecular complexity index is 685. The molecule has 1 N–H and O–H groups in total. The number of carbonyl (C=O) groups excluding carboxylic acids is 1. The minimum atomic E-state index is -0.899. The van der Waals surface area contributed by atoms with E-state index in [4.69, 9.17) is 5.11 Å². The molecule has 0 unspecified atom stereocenters. The van der Waals surface area contributed by atoms with Gasteiger partial charge in [-0.05, 0) is 18.1 Å². The second-order valence-corrected chi connectivity index (χ2v) is 6.80. The zero-order valence-corrected chi connectivity index (χ0v) is 14.6. The number of hydrogen-bond acceptors (Lipinski definition) is 5. The highest BCUT2D eigenvalue weighted by Crippen LogP contribution is 2.23. The van der Waals surface area contributed by atoms with Crippen molar-refractivity contribution in [1.29, 1.82) is 0 Å². The lowest BCUT2D eigenvalue weighted by Crippen LogP contribution is -2.37. The quantitative estimate of drug-likeness (QED) is 0.794. The summed E-state index contributed by atoms with van der Waals surface area (Å²) in [4.78, 5) is 33.4. The fraction of sp³-hybridized carbons (Fsp3) is 0.412. The third-order valence-electron chi connectivity index (χ3n) is 3.33. The van der Waals surface area contributed by atoms with Crippen LogP contribution in [0, 0.1) is 5.92 Å². The molecule has 24 heavy (non-hydrogen) atoms. The molecule has 0 bridgehead atoms. The molecule has 0 aromatic carbocycles. The van der Waals surface area contributed by atoms with E-state index in [-0.39, 0.29) is 31.2 Å². The predicted molar refractivity (Wildman–Crippen MR) is 92.7 cm³/mol. The standard InChI is InChI=1S/C17H21N3O3S/c1-12(2)10-20(7-5-16(22)23)15(21)8-14-11-24-17(19-14)13-4-3-6-18-9-13/h3-4,6,9,11-12H,5,7-8,10H2,1-2H3,(H,22,23). The van der Waals surface area contributed by atoms with E-state index in [1.54, 1.807) is 17.3 Å². The summed E-state index contributed by atoms with van der Waals surface area (Å²) in [5.74, 6) is -0.707. The van der Waals surface area contributed by atoms with Gasteiger partial charge < -0.3 is 10.0 Å². The van der Waals surface area contributed by atoms with Crippen LogP contribution in [0.5, 0.6) is 0 Å². The van der Waals surface area contributed by atoms with Gasteiger partial charge in [0.05, 0.1) is 18.5 Å². The largest absolute Gasteiger partial charge is 0.481 e. The molecule has 2 aromatic rings. The maximum absolute atomic E-state index is 12.5. The Balaban J connectivity index is 2.03.